The number of rotatable bonds is 6. The van der Waals surface area contributed by atoms with Crippen LogP contribution in [0.4, 0.5) is 5.69 Å². The van der Waals surface area contributed by atoms with Gasteiger partial charge in [-0.2, -0.15) is 5.26 Å². The molecule has 0 radical (unpaired) electrons. The third-order valence-electron chi connectivity index (χ3n) is 3.14. The molecule has 1 aliphatic rings. The van der Waals surface area contributed by atoms with Gasteiger partial charge in [0.25, 0.3) is 5.91 Å². The number of benzene rings is 1. The number of nitriles is 1. The van der Waals surface area contributed by atoms with Crippen molar-refractivity contribution in [3.05, 3.63) is 24.3 Å². The lowest BCUT2D eigenvalue weighted by atomic mass is 10.2. The van der Waals surface area contributed by atoms with Gasteiger partial charge >= 0.3 is 0 Å². The molecular formula is C15H17N3O3. The monoisotopic (exact) mass is 287 g/mol. The fourth-order valence-electron chi connectivity index (χ4n) is 2.14. The number of hydrogen-bond acceptors (Lipinski definition) is 5. The second-order valence-electron chi connectivity index (χ2n) is 4.71. The predicted molar refractivity (Wildman–Crippen MR) is 76.7 cm³/mol. The van der Waals surface area contributed by atoms with E-state index >= 15 is 0 Å². The topological polar surface area (TPSA) is 82.4 Å². The van der Waals surface area contributed by atoms with E-state index in [0.717, 1.165) is 11.3 Å². The maximum absolute atomic E-state index is 12.2. The number of hydrogen-bond donors (Lipinski definition) is 1. The van der Waals surface area contributed by atoms with E-state index in [2.05, 4.69) is 5.32 Å². The summed E-state index contributed by atoms with van der Waals surface area (Å²) in [6, 6.07) is 8.14. The van der Waals surface area contributed by atoms with E-state index in [1.54, 1.807) is 24.3 Å². The summed E-state index contributed by atoms with van der Waals surface area (Å²) in [6.07, 6.45) is 0.992. The molecule has 0 unspecified atom stereocenters. The van der Waals surface area contributed by atoms with Crippen LogP contribution in [0.2, 0.25) is 0 Å². The Morgan fingerprint density at radius 2 is 2.10 bits per heavy atom. The quantitative estimate of drug-likeness (QED) is 0.628. The molecule has 2 rings (SSSR count). The molecule has 0 saturated carbocycles. The third-order valence-corrected chi connectivity index (χ3v) is 3.14. The molecule has 2 amide bonds. The fraction of sp³-hybridized carbons (Fsp3) is 0.400. The number of imide groups is 1. The van der Waals surface area contributed by atoms with Crippen molar-refractivity contribution in [2.45, 2.75) is 25.8 Å². The maximum atomic E-state index is 12.2. The van der Waals surface area contributed by atoms with Gasteiger partial charge < -0.3 is 4.74 Å². The molecular weight excluding hydrogens is 270 g/mol. The van der Waals surface area contributed by atoms with Crippen molar-refractivity contribution in [3.63, 3.8) is 0 Å². The van der Waals surface area contributed by atoms with Crippen LogP contribution in [0.3, 0.4) is 0 Å². The summed E-state index contributed by atoms with van der Waals surface area (Å²) < 4.78 is 5.46. The largest absolute Gasteiger partial charge is 0.494 e. The van der Waals surface area contributed by atoms with Gasteiger partial charge in [0.05, 0.1) is 37.4 Å². The highest BCUT2D eigenvalue weighted by Crippen LogP contribution is 2.25. The number of carbonyl (C=O) groups excluding carboxylic acids is 2. The Balaban J connectivity index is 2.09. The lowest BCUT2D eigenvalue weighted by Gasteiger charge is -2.15. The Kier molecular flexibility index (Phi) is 4.90. The standard InChI is InChI=1S/C15H17N3O3/c1-2-9-21-12-5-3-11(4-6-12)18-14(19)10-13(15(18)20)17-8-7-16/h3-6,13,17H,2,8-10H2,1H3/t13-/m1/s1. The molecule has 1 aromatic rings. The average molecular weight is 287 g/mol. The Morgan fingerprint density at radius 1 is 1.38 bits per heavy atom. The molecule has 1 aromatic carbocycles. The molecule has 1 N–H and O–H groups in total. The molecule has 1 saturated heterocycles. The number of nitrogens with zero attached hydrogens (tertiary/aromatic N) is 2. The highest BCUT2D eigenvalue weighted by atomic mass is 16.5. The molecule has 0 spiro atoms. The Hall–Kier alpha value is -2.39. The van der Waals surface area contributed by atoms with Gasteiger partial charge in [-0.25, -0.2) is 4.90 Å². The molecule has 1 fully saturated rings. The van der Waals surface area contributed by atoms with Gasteiger partial charge in [0, 0.05) is 0 Å². The molecule has 0 aliphatic carbocycles. The van der Waals surface area contributed by atoms with E-state index in [0.29, 0.717) is 18.0 Å². The zero-order valence-corrected chi connectivity index (χ0v) is 11.8. The zero-order valence-electron chi connectivity index (χ0n) is 11.8. The van der Waals surface area contributed by atoms with Crippen LogP contribution in [0.25, 0.3) is 0 Å². The number of carbonyl (C=O) groups is 2. The van der Waals surface area contributed by atoms with Crippen molar-refractivity contribution in [3.8, 4) is 11.8 Å². The van der Waals surface area contributed by atoms with Crippen LogP contribution in [-0.4, -0.2) is 31.0 Å². The summed E-state index contributed by atoms with van der Waals surface area (Å²) in [6.45, 7) is 2.69. The van der Waals surface area contributed by atoms with Gasteiger partial charge in [-0.3, -0.25) is 14.9 Å². The van der Waals surface area contributed by atoms with Crippen molar-refractivity contribution in [2.24, 2.45) is 0 Å². The summed E-state index contributed by atoms with van der Waals surface area (Å²) in [7, 11) is 0. The van der Waals surface area contributed by atoms with Gasteiger partial charge in [-0.15, -0.1) is 0 Å². The summed E-state index contributed by atoms with van der Waals surface area (Å²) in [5.74, 6) is 0.119. The summed E-state index contributed by atoms with van der Waals surface area (Å²) in [5.41, 5.74) is 0.523. The third kappa shape index (κ3) is 3.38. The first-order valence-electron chi connectivity index (χ1n) is 6.87. The van der Waals surface area contributed by atoms with Gasteiger partial charge in [0.1, 0.15) is 5.75 Å². The van der Waals surface area contributed by atoms with E-state index in [1.165, 1.54) is 0 Å². The molecule has 1 heterocycles. The minimum atomic E-state index is -0.617. The Bertz CT molecular complexity index is 563. The van der Waals surface area contributed by atoms with Crippen molar-refractivity contribution >= 4 is 17.5 Å². The number of nitrogens with one attached hydrogen (secondary N) is 1. The fourth-order valence-corrected chi connectivity index (χ4v) is 2.14. The van der Waals surface area contributed by atoms with Crippen LogP contribution < -0.4 is 15.0 Å². The maximum Gasteiger partial charge on any atom is 0.251 e. The number of amides is 2. The van der Waals surface area contributed by atoms with Crippen molar-refractivity contribution in [1.82, 2.24) is 5.32 Å². The molecule has 0 aromatic heterocycles. The predicted octanol–water partition coefficient (Wildman–Crippen LogP) is 1.22. The second kappa shape index (κ2) is 6.86. The van der Waals surface area contributed by atoms with Crippen LogP contribution >= 0.6 is 0 Å². The zero-order chi connectivity index (χ0) is 15.2. The molecule has 1 aliphatic heterocycles. The van der Waals surface area contributed by atoms with Gasteiger partial charge in [0.2, 0.25) is 5.91 Å². The lowest BCUT2D eigenvalue weighted by Crippen LogP contribution is -2.38. The first-order valence-corrected chi connectivity index (χ1v) is 6.87. The highest BCUT2D eigenvalue weighted by Gasteiger charge is 2.39. The van der Waals surface area contributed by atoms with E-state index in [9.17, 15) is 9.59 Å². The van der Waals surface area contributed by atoms with E-state index < -0.39 is 6.04 Å². The lowest BCUT2D eigenvalue weighted by molar-refractivity contribution is -0.121. The SMILES string of the molecule is CCCOc1ccc(N2C(=O)C[C@@H](NCC#N)C2=O)cc1. The van der Waals surface area contributed by atoms with Crippen LogP contribution in [0.15, 0.2) is 24.3 Å². The van der Waals surface area contributed by atoms with Gasteiger partial charge in [0.15, 0.2) is 0 Å². The second-order valence-corrected chi connectivity index (χ2v) is 4.71. The van der Waals surface area contributed by atoms with Gasteiger partial charge in [-0.1, -0.05) is 6.92 Å². The smallest absolute Gasteiger partial charge is 0.251 e. The van der Waals surface area contributed by atoms with Crippen molar-refractivity contribution < 1.29 is 14.3 Å². The van der Waals surface area contributed by atoms with Crippen molar-refractivity contribution in [1.29, 1.82) is 5.26 Å². The molecule has 110 valence electrons. The normalized spacial score (nSPS) is 17.9. The molecule has 6 heteroatoms. The minimum absolute atomic E-state index is 0.0430. The molecule has 0 bridgehead atoms. The summed E-state index contributed by atoms with van der Waals surface area (Å²) in [4.78, 5) is 25.3. The minimum Gasteiger partial charge on any atom is -0.494 e. The summed E-state index contributed by atoms with van der Waals surface area (Å²) in [5, 5.41) is 11.3. The highest BCUT2D eigenvalue weighted by molar-refractivity contribution is 6.22. The van der Waals surface area contributed by atoms with E-state index in [1.807, 2.05) is 13.0 Å². The number of anilines is 1. The first-order chi connectivity index (χ1) is 10.2. The molecule has 1 atom stereocenters. The average Bonchev–Trinajstić information content (AvgIpc) is 2.78. The van der Waals surface area contributed by atoms with Crippen molar-refractivity contribution in [2.75, 3.05) is 18.1 Å². The van der Waals surface area contributed by atoms with E-state index in [-0.39, 0.29) is 24.8 Å². The molecule has 6 nitrogen and oxygen atoms in total. The molecule has 21 heavy (non-hydrogen) atoms. The van der Waals surface area contributed by atoms with E-state index in [4.69, 9.17) is 10.00 Å². The van der Waals surface area contributed by atoms with Crippen LogP contribution in [0.5, 0.6) is 5.75 Å². The van der Waals surface area contributed by atoms with Crippen LogP contribution in [-0.2, 0) is 9.59 Å². The van der Waals surface area contributed by atoms with Crippen LogP contribution in [0, 0.1) is 11.3 Å². The number of ether oxygens (including phenoxy) is 1. The Labute approximate surface area is 123 Å². The van der Waals surface area contributed by atoms with Gasteiger partial charge in [-0.05, 0) is 30.7 Å². The van der Waals surface area contributed by atoms with Crippen LogP contribution in [0.1, 0.15) is 19.8 Å². The Morgan fingerprint density at radius 3 is 2.71 bits per heavy atom. The summed E-state index contributed by atoms with van der Waals surface area (Å²) >= 11 is 0. The first kappa shape index (κ1) is 15.0.